The summed E-state index contributed by atoms with van der Waals surface area (Å²) >= 11 is 0. The van der Waals surface area contributed by atoms with Crippen molar-refractivity contribution in [1.29, 1.82) is 0 Å². The third kappa shape index (κ3) is 2.01. The van der Waals surface area contributed by atoms with Crippen LogP contribution in [0.3, 0.4) is 0 Å². The lowest BCUT2D eigenvalue weighted by Gasteiger charge is -2.54. The zero-order valence-electron chi connectivity index (χ0n) is 12.5. The molecule has 1 heterocycles. The van der Waals surface area contributed by atoms with Gasteiger partial charge in [0.15, 0.2) is 0 Å². The molecule has 1 saturated heterocycles. The molecule has 0 spiro atoms. The summed E-state index contributed by atoms with van der Waals surface area (Å²) in [6.45, 7) is 3.53. The van der Waals surface area contributed by atoms with Gasteiger partial charge in [0.2, 0.25) is 5.91 Å². The van der Waals surface area contributed by atoms with Crippen LogP contribution in [0, 0.1) is 35.5 Å². The van der Waals surface area contributed by atoms with Gasteiger partial charge in [-0.2, -0.15) is 0 Å². The van der Waals surface area contributed by atoms with Crippen molar-refractivity contribution in [2.45, 2.75) is 51.6 Å². The maximum atomic E-state index is 13.0. The molecular weight excluding hydrogens is 250 g/mol. The van der Waals surface area contributed by atoms with E-state index in [-0.39, 0.29) is 6.10 Å². The van der Waals surface area contributed by atoms with Crippen LogP contribution in [-0.4, -0.2) is 35.1 Å². The lowest BCUT2D eigenvalue weighted by atomic mass is 9.51. The topological polar surface area (TPSA) is 40.5 Å². The van der Waals surface area contributed by atoms with Crippen LogP contribution in [0.25, 0.3) is 0 Å². The third-order valence-corrected chi connectivity index (χ3v) is 6.74. The summed E-state index contributed by atoms with van der Waals surface area (Å²) in [5, 5.41) is 10.1. The zero-order chi connectivity index (χ0) is 13.9. The fourth-order valence-corrected chi connectivity index (χ4v) is 5.79. The molecule has 0 aromatic heterocycles. The minimum Gasteiger partial charge on any atom is -0.391 e. The van der Waals surface area contributed by atoms with Crippen LogP contribution in [0.15, 0.2) is 0 Å². The monoisotopic (exact) mass is 277 g/mol. The molecule has 0 aromatic carbocycles. The fraction of sp³-hybridized carbons (Fsp3) is 0.941. The molecule has 0 aromatic rings. The van der Waals surface area contributed by atoms with Crippen molar-refractivity contribution < 1.29 is 9.90 Å². The summed E-state index contributed by atoms with van der Waals surface area (Å²) in [5.41, 5.74) is 0. The average Bonchev–Trinajstić information content (AvgIpc) is 2.40. The first kappa shape index (κ1) is 13.1. The van der Waals surface area contributed by atoms with Crippen molar-refractivity contribution in [2.24, 2.45) is 35.5 Å². The number of carbonyl (C=O) groups excluding carboxylic acids is 1. The zero-order valence-corrected chi connectivity index (χ0v) is 12.5. The first-order valence-electron chi connectivity index (χ1n) is 8.58. The van der Waals surface area contributed by atoms with Crippen LogP contribution in [0.1, 0.15) is 45.4 Å². The minimum absolute atomic E-state index is 0.295. The number of aliphatic hydroxyl groups is 1. The van der Waals surface area contributed by atoms with Crippen LogP contribution in [0.5, 0.6) is 0 Å². The Bertz CT molecular complexity index is 380. The molecule has 0 radical (unpaired) electrons. The second kappa shape index (κ2) is 4.72. The van der Waals surface area contributed by atoms with Crippen molar-refractivity contribution in [3.05, 3.63) is 0 Å². The first-order chi connectivity index (χ1) is 9.61. The number of aliphatic hydroxyl groups excluding tert-OH is 1. The van der Waals surface area contributed by atoms with Crippen molar-refractivity contribution in [1.82, 2.24) is 4.90 Å². The highest BCUT2D eigenvalue weighted by atomic mass is 16.3. The molecule has 4 bridgehead atoms. The molecule has 20 heavy (non-hydrogen) atoms. The normalized spacial score (nSPS) is 50.5. The number of carbonyl (C=O) groups is 1. The van der Waals surface area contributed by atoms with Crippen molar-refractivity contribution in [2.75, 3.05) is 13.1 Å². The van der Waals surface area contributed by atoms with Crippen LogP contribution < -0.4 is 0 Å². The average molecular weight is 277 g/mol. The highest BCUT2D eigenvalue weighted by Gasteiger charge is 2.51. The van der Waals surface area contributed by atoms with E-state index in [1.807, 2.05) is 4.90 Å². The maximum Gasteiger partial charge on any atom is 0.226 e. The molecule has 2 unspecified atom stereocenters. The van der Waals surface area contributed by atoms with E-state index in [2.05, 4.69) is 6.92 Å². The van der Waals surface area contributed by atoms with Gasteiger partial charge in [0.05, 0.1) is 6.10 Å². The van der Waals surface area contributed by atoms with E-state index in [1.54, 1.807) is 0 Å². The van der Waals surface area contributed by atoms with Gasteiger partial charge < -0.3 is 10.0 Å². The molecule has 4 aliphatic carbocycles. The number of likely N-dealkylation sites (tertiary alicyclic amines) is 1. The molecule has 4 saturated carbocycles. The predicted octanol–water partition coefficient (Wildman–Crippen LogP) is 2.29. The third-order valence-electron chi connectivity index (χ3n) is 6.74. The van der Waals surface area contributed by atoms with Gasteiger partial charge in [-0.15, -0.1) is 0 Å². The number of β-amino-alcohol motifs (C(OH)–C–C–N with tert-alkyl or cyclic N) is 1. The standard InChI is InChI=1S/C17H27NO2/c1-10-2-3-18(9-15(10)19)17(20)16-13-5-11-4-12(7-13)8-14(16)6-11/h10-16,19H,2-9H2,1H3. The summed E-state index contributed by atoms with van der Waals surface area (Å²) < 4.78 is 0. The molecule has 3 nitrogen and oxygen atoms in total. The minimum atomic E-state index is -0.315. The Morgan fingerprint density at radius 1 is 1.05 bits per heavy atom. The Kier molecular flexibility index (Phi) is 3.10. The molecule has 2 atom stereocenters. The Balaban J connectivity index is 1.49. The molecule has 1 aliphatic heterocycles. The van der Waals surface area contributed by atoms with Gasteiger partial charge in [-0.05, 0) is 68.1 Å². The highest BCUT2D eigenvalue weighted by molar-refractivity contribution is 5.80. The number of nitrogens with zero attached hydrogens (tertiary/aromatic N) is 1. The first-order valence-corrected chi connectivity index (χ1v) is 8.58. The summed E-state index contributed by atoms with van der Waals surface area (Å²) in [6, 6.07) is 0. The smallest absolute Gasteiger partial charge is 0.226 e. The Labute approximate surface area is 121 Å². The van der Waals surface area contributed by atoms with Gasteiger partial charge in [0, 0.05) is 19.0 Å². The van der Waals surface area contributed by atoms with E-state index in [1.165, 1.54) is 32.1 Å². The predicted molar refractivity (Wildman–Crippen MR) is 76.9 cm³/mol. The Morgan fingerprint density at radius 2 is 1.65 bits per heavy atom. The summed E-state index contributed by atoms with van der Waals surface area (Å²) in [4.78, 5) is 14.9. The van der Waals surface area contributed by atoms with Crippen molar-refractivity contribution >= 4 is 5.91 Å². The number of hydrogen-bond donors (Lipinski definition) is 1. The van der Waals surface area contributed by atoms with Crippen LogP contribution in [-0.2, 0) is 4.79 Å². The molecular formula is C17H27NO2. The number of rotatable bonds is 1. The SMILES string of the molecule is CC1CCN(C(=O)C2C3CC4CC(C3)CC2C4)CC1O. The highest BCUT2D eigenvalue weighted by Crippen LogP contribution is 2.56. The van der Waals surface area contributed by atoms with E-state index in [0.29, 0.717) is 36.1 Å². The fourth-order valence-electron chi connectivity index (χ4n) is 5.79. The number of amides is 1. The Morgan fingerprint density at radius 3 is 2.20 bits per heavy atom. The maximum absolute atomic E-state index is 13.0. The summed E-state index contributed by atoms with van der Waals surface area (Å²) in [5.74, 6) is 4.19. The number of hydrogen-bond acceptors (Lipinski definition) is 2. The second-order valence-electron chi connectivity index (χ2n) is 8.07. The van der Waals surface area contributed by atoms with E-state index < -0.39 is 0 Å². The molecule has 1 amide bonds. The quantitative estimate of drug-likeness (QED) is 0.799. The molecule has 5 rings (SSSR count). The van der Waals surface area contributed by atoms with Gasteiger partial charge in [-0.25, -0.2) is 0 Å². The van der Waals surface area contributed by atoms with Crippen LogP contribution in [0.2, 0.25) is 0 Å². The van der Waals surface area contributed by atoms with Crippen molar-refractivity contribution in [3.63, 3.8) is 0 Å². The Hall–Kier alpha value is -0.570. The van der Waals surface area contributed by atoms with Gasteiger partial charge in [0.25, 0.3) is 0 Å². The second-order valence-corrected chi connectivity index (χ2v) is 8.07. The lowest BCUT2D eigenvalue weighted by Crippen LogP contribution is -2.55. The largest absolute Gasteiger partial charge is 0.391 e. The van der Waals surface area contributed by atoms with Gasteiger partial charge >= 0.3 is 0 Å². The van der Waals surface area contributed by atoms with E-state index in [4.69, 9.17) is 0 Å². The van der Waals surface area contributed by atoms with Gasteiger partial charge in [-0.1, -0.05) is 6.92 Å². The van der Waals surface area contributed by atoms with E-state index in [9.17, 15) is 9.90 Å². The van der Waals surface area contributed by atoms with E-state index >= 15 is 0 Å². The molecule has 112 valence electrons. The van der Waals surface area contributed by atoms with Crippen molar-refractivity contribution in [3.8, 4) is 0 Å². The molecule has 5 fully saturated rings. The van der Waals surface area contributed by atoms with Gasteiger partial charge in [0.1, 0.15) is 0 Å². The lowest BCUT2D eigenvalue weighted by molar-refractivity contribution is -0.153. The van der Waals surface area contributed by atoms with Crippen LogP contribution in [0.4, 0.5) is 0 Å². The molecule has 1 N–H and O–H groups in total. The van der Waals surface area contributed by atoms with Crippen LogP contribution >= 0.6 is 0 Å². The number of piperidine rings is 1. The summed E-state index contributed by atoms with van der Waals surface area (Å²) in [7, 11) is 0. The van der Waals surface area contributed by atoms with Gasteiger partial charge in [-0.3, -0.25) is 4.79 Å². The molecule has 3 heteroatoms. The molecule has 5 aliphatic rings. The van der Waals surface area contributed by atoms with E-state index in [0.717, 1.165) is 24.8 Å². The summed E-state index contributed by atoms with van der Waals surface area (Å²) in [6.07, 6.45) is 7.29.